The first-order valence-corrected chi connectivity index (χ1v) is 9.42. The topological polar surface area (TPSA) is 118 Å². The summed E-state index contributed by atoms with van der Waals surface area (Å²) >= 11 is 0. The molecular formula is C22H23N4O4-. The summed E-state index contributed by atoms with van der Waals surface area (Å²) in [6.07, 6.45) is 1.20. The van der Waals surface area contributed by atoms with Gasteiger partial charge in [-0.05, 0) is 35.6 Å². The van der Waals surface area contributed by atoms with Gasteiger partial charge in [-0.15, -0.1) is 0 Å². The van der Waals surface area contributed by atoms with Gasteiger partial charge in [0.2, 0.25) is 5.78 Å². The van der Waals surface area contributed by atoms with Crippen molar-refractivity contribution in [2.45, 2.75) is 39.2 Å². The smallest absolute Gasteiger partial charge is 0.293 e. The first kappa shape index (κ1) is 21.5. The lowest BCUT2D eigenvalue weighted by molar-refractivity contribution is -0.148. The molecule has 2 N–H and O–H groups in total. The van der Waals surface area contributed by atoms with Crippen LogP contribution in [-0.2, 0) is 15.0 Å². The number of nitrogens with zero attached hydrogens (tertiary/aromatic N) is 3. The number of nitrogens with one attached hydrogen (secondary N) is 1. The molecule has 8 heteroatoms. The zero-order valence-corrected chi connectivity index (χ0v) is 17.2. The third-order valence-electron chi connectivity index (χ3n) is 4.76. The summed E-state index contributed by atoms with van der Waals surface area (Å²) in [5.41, 5.74) is 2.70. The third kappa shape index (κ3) is 4.35. The van der Waals surface area contributed by atoms with Crippen LogP contribution < -0.4 is 5.32 Å². The fourth-order valence-corrected chi connectivity index (χ4v) is 3.21. The number of anilines is 1. The lowest BCUT2D eigenvalue weighted by Gasteiger charge is -2.29. The summed E-state index contributed by atoms with van der Waals surface area (Å²) in [5, 5.41) is 23.4. The van der Waals surface area contributed by atoms with Gasteiger partial charge in [0.05, 0.1) is 22.9 Å². The molecule has 1 aromatic heterocycles. The van der Waals surface area contributed by atoms with Gasteiger partial charge in [0.1, 0.15) is 6.04 Å². The van der Waals surface area contributed by atoms with E-state index in [1.54, 1.807) is 24.3 Å². The molecule has 2 aromatic carbocycles. The van der Waals surface area contributed by atoms with Crippen molar-refractivity contribution >= 4 is 28.4 Å². The Hall–Kier alpha value is -3.20. The van der Waals surface area contributed by atoms with Gasteiger partial charge in [0.15, 0.2) is 0 Å². The van der Waals surface area contributed by atoms with Crippen LogP contribution in [-0.4, -0.2) is 32.1 Å². The molecule has 3 rings (SSSR count). The standard InChI is InChI=1S/C22H23N4O4/c1-13-8-7-9-14(22(2,3)4)18(13)25-21(28)20(27)19(26(29)30)17-12-23-15-10-5-6-11-16(15)24-17/h5-12,19,29H,1-4H3,(H,25,28)/q-1. The summed E-state index contributed by atoms with van der Waals surface area (Å²) in [6.45, 7) is 7.77. The van der Waals surface area contributed by atoms with Crippen molar-refractivity contribution in [3.8, 4) is 0 Å². The minimum atomic E-state index is -1.83. The summed E-state index contributed by atoms with van der Waals surface area (Å²) in [5.74, 6) is -2.16. The van der Waals surface area contributed by atoms with Gasteiger partial charge < -0.3 is 15.7 Å². The first-order valence-electron chi connectivity index (χ1n) is 9.42. The second-order valence-electron chi connectivity index (χ2n) is 8.05. The number of hydrogen-bond donors (Lipinski definition) is 2. The largest absolute Gasteiger partial charge is 0.761 e. The minimum absolute atomic E-state index is 0.118. The number of hydroxylamine groups is 2. The van der Waals surface area contributed by atoms with Crippen LogP contribution in [0, 0.1) is 12.1 Å². The Kier molecular flexibility index (Phi) is 5.93. The van der Waals surface area contributed by atoms with E-state index in [2.05, 4.69) is 15.3 Å². The second kappa shape index (κ2) is 8.27. The van der Waals surface area contributed by atoms with E-state index in [0.29, 0.717) is 16.7 Å². The molecule has 1 atom stereocenters. The molecule has 3 aromatic rings. The quantitative estimate of drug-likeness (QED) is 0.489. The van der Waals surface area contributed by atoms with Gasteiger partial charge in [-0.3, -0.25) is 14.6 Å². The fraction of sp³-hybridized carbons (Fsp3) is 0.273. The molecule has 1 heterocycles. The Morgan fingerprint density at radius 3 is 2.40 bits per heavy atom. The average Bonchev–Trinajstić information content (AvgIpc) is 2.68. The average molecular weight is 407 g/mol. The second-order valence-corrected chi connectivity index (χ2v) is 8.05. The normalized spacial score (nSPS) is 12.8. The summed E-state index contributed by atoms with van der Waals surface area (Å²) in [6, 6.07) is 10.6. The number of Topliss-reactive ketones (excluding diaryl/α,β-unsaturated/α-hetero) is 1. The van der Waals surface area contributed by atoms with Crippen molar-refractivity contribution in [3.63, 3.8) is 0 Å². The number of carbonyl (C=O) groups is 2. The van der Waals surface area contributed by atoms with Crippen LogP contribution in [0.3, 0.4) is 0 Å². The maximum absolute atomic E-state index is 12.8. The van der Waals surface area contributed by atoms with Gasteiger partial charge >= 0.3 is 0 Å². The summed E-state index contributed by atoms with van der Waals surface area (Å²) < 4.78 is 0. The molecule has 0 bridgehead atoms. The highest BCUT2D eigenvalue weighted by Gasteiger charge is 2.31. The molecule has 0 saturated carbocycles. The Morgan fingerprint density at radius 1 is 1.10 bits per heavy atom. The van der Waals surface area contributed by atoms with Crippen LogP contribution in [0.2, 0.25) is 0 Å². The van der Waals surface area contributed by atoms with E-state index in [0.717, 1.165) is 11.1 Å². The number of amides is 1. The number of aromatic nitrogens is 2. The molecular weight excluding hydrogens is 384 g/mol. The maximum Gasteiger partial charge on any atom is 0.293 e. The predicted molar refractivity (Wildman–Crippen MR) is 113 cm³/mol. The van der Waals surface area contributed by atoms with Crippen LogP contribution in [0.25, 0.3) is 11.0 Å². The number of hydrogen-bond acceptors (Lipinski definition) is 7. The van der Waals surface area contributed by atoms with Gasteiger partial charge in [-0.1, -0.05) is 51.1 Å². The number of ketones is 1. The molecule has 0 fully saturated rings. The Morgan fingerprint density at radius 2 is 1.77 bits per heavy atom. The molecule has 0 aliphatic rings. The number of carbonyl (C=O) groups excluding carboxylic acids is 2. The third-order valence-corrected chi connectivity index (χ3v) is 4.76. The minimum Gasteiger partial charge on any atom is -0.761 e. The van der Waals surface area contributed by atoms with Crippen molar-refractivity contribution in [2.24, 2.45) is 0 Å². The Labute approximate surface area is 174 Å². The highest BCUT2D eigenvalue weighted by atomic mass is 16.8. The number of para-hydroxylation sites is 3. The van der Waals surface area contributed by atoms with Crippen LogP contribution in [0.15, 0.2) is 48.7 Å². The van der Waals surface area contributed by atoms with Gasteiger partial charge in [-0.25, -0.2) is 10.2 Å². The van der Waals surface area contributed by atoms with Crippen molar-refractivity contribution in [1.29, 1.82) is 0 Å². The molecule has 0 radical (unpaired) electrons. The van der Waals surface area contributed by atoms with Gasteiger partial charge in [-0.2, -0.15) is 0 Å². The lowest BCUT2D eigenvalue weighted by Crippen LogP contribution is -2.36. The highest BCUT2D eigenvalue weighted by molar-refractivity contribution is 6.42. The van der Waals surface area contributed by atoms with Crippen molar-refractivity contribution in [1.82, 2.24) is 15.2 Å². The fourth-order valence-electron chi connectivity index (χ4n) is 3.21. The van der Waals surface area contributed by atoms with E-state index < -0.39 is 23.0 Å². The SMILES string of the molecule is Cc1cccc(C(C)(C)C)c1NC(=O)C(=O)C(c1cnc2ccccc2n1)N([O-])O. The van der Waals surface area contributed by atoms with Crippen molar-refractivity contribution in [2.75, 3.05) is 5.32 Å². The van der Waals surface area contributed by atoms with E-state index >= 15 is 0 Å². The maximum atomic E-state index is 12.8. The van der Waals surface area contributed by atoms with Crippen LogP contribution in [0.5, 0.6) is 0 Å². The molecule has 30 heavy (non-hydrogen) atoms. The molecule has 0 saturated heterocycles. The monoisotopic (exact) mass is 407 g/mol. The molecule has 0 aliphatic heterocycles. The molecule has 1 unspecified atom stereocenters. The Bertz CT molecular complexity index is 1110. The van der Waals surface area contributed by atoms with Crippen molar-refractivity contribution < 1.29 is 14.8 Å². The first-order chi connectivity index (χ1) is 14.1. The van der Waals surface area contributed by atoms with E-state index in [1.165, 1.54) is 6.20 Å². The molecule has 156 valence electrons. The zero-order valence-electron chi connectivity index (χ0n) is 17.2. The van der Waals surface area contributed by atoms with E-state index in [1.807, 2.05) is 45.9 Å². The number of rotatable bonds is 5. The number of fused-ring (bicyclic) bond motifs is 1. The molecule has 0 aliphatic carbocycles. The highest BCUT2D eigenvalue weighted by Crippen LogP contribution is 2.32. The lowest BCUT2D eigenvalue weighted by atomic mass is 9.84. The Balaban J connectivity index is 1.94. The van der Waals surface area contributed by atoms with Crippen molar-refractivity contribution in [3.05, 3.63) is 70.7 Å². The van der Waals surface area contributed by atoms with Gasteiger partial charge in [0, 0.05) is 5.69 Å². The number of aryl methyl sites for hydroxylation is 1. The molecule has 1 amide bonds. The van der Waals surface area contributed by atoms with Crippen LogP contribution in [0.1, 0.15) is 43.6 Å². The van der Waals surface area contributed by atoms with E-state index in [4.69, 9.17) is 0 Å². The van der Waals surface area contributed by atoms with Gasteiger partial charge in [0.25, 0.3) is 5.91 Å². The van der Waals surface area contributed by atoms with E-state index in [9.17, 15) is 20.0 Å². The molecule has 0 spiro atoms. The summed E-state index contributed by atoms with van der Waals surface area (Å²) in [4.78, 5) is 33.9. The number of benzene rings is 2. The van der Waals surface area contributed by atoms with Crippen LogP contribution >= 0.6 is 0 Å². The molecule has 8 nitrogen and oxygen atoms in total. The van der Waals surface area contributed by atoms with Crippen LogP contribution in [0.4, 0.5) is 5.69 Å². The predicted octanol–water partition coefficient (Wildman–Crippen LogP) is 3.67. The van der Waals surface area contributed by atoms with E-state index in [-0.39, 0.29) is 11.1 Å². The zero-order chi connectivity index (χ0) is 22.1. The summed E-state index contributed by atoms with van der Waals surface area (Å²) in [7, 11) is 0.